The molecule has 4 fully saturated rings. The fraction of sp³-hybridized carbons (Fsp3) is 0.812. The number of carboxylic acid groups (broad SMARTS) is 1. The van der Waals surface area contributed by atoms with Gasteiger partial charge in [-0.05, 0) is 98.4 Å². The monoisotopic (exact) mass is 512 g/mol. The van der Waals surface area contributed by atoms with Crippen LogP contribution in [0.15, 0.2) is 23.8 Å². The minimum atomic E-state index is -1.22. The van der Waals surface area contributed by atoms with Gasteiger partial charge in [0.25, 0.3) is 0 Å². The summed E-state index contributed by atoms with van der Waals surface area (Å²) in [5, 5.41) is 22.4. The number of carbonyl (C=O) groups is 2. The maximum Gasteiger partial charge on any atom is 0.310 e. The molecule has 5 rings (SSSR count). The van der Waals surface area contributed by atoms with E-state index in [0.717, 1.165) is 44.1 Å². The van der Waals surface area contributed by atoms with E-state index in [1.54, 1.807) is 0 Å². The molecule has 0 aromatic rings. The van der Waals surface area contributed by atoms with E-state index < -0.39 is 22.9 Å². The summed E-state index contributed by atoms with van der Waals surface area (Å²) in [6, 6.07) is 0. The zero-order valence-corrected chi connectivity index (χ0v) is 24.1. The third-order valence-corrected chi connectivity index (χ3v) is 13.3. The number of carboxylic acids is 1. The largest absolute Gasteiger partial charge is 0.481 e. The van der Waals surface area contributed by atoms with Crippen LogP contribution in [0.3, 0.4) is 0 Å². The number of rotatable bonds is 2. The van der Waals surface area contributed by atoms with Crippen molar-refractivity contribution >= 4 is 11.9 Å². The number of aliphatic hydroxyl groups is 1. The molecule has 4 saturated carbocycles. The summed E-state index contributed by atoms with van der Waals surface area (Å²) in [6.45, 7) is 19.5. The Morgan fingerprint density at radius 1 is 0.973 bits per heavy atom. The van der Waals surface area contributed by atoms with Crippen molar-refractivity contribution in [3.63, 3.8) is 0 Å². The third-order valence-electron chi connectivity index (χ3n) is 13.3. The Bertz CT molecular complexity index is 1070. The maximum atomic E-state index is 12.9. The lowest BCUT2D eigenvalue weighted by molar-refractivity contribution is -0.216. The van der Waals surface area contributed by atoms with Gasteiger partial charge in [-0.2, -0.15) is 0 Å². The summed E-state index contributed by atoms with van der Waals surface area (Å²) in [5.41, 5.74) is -0.353. The molecule has 2 N–H and O–H groups in total. The molecule has 0 spiro atoms. The summed E-state index contributed by atoms with van der Waals surface area (Å²) >= 11 is 0. The number of carbonyl (C=O) groups excluding carboxylic acids is 1. The first-order valence-electron chi connectivity index (χ1n) is 14.5. The zero-order chi connectivity index (χ0) is 27.4. The smallest absolute Gasteiger partial charge is 0.310 e. The van der Waals surface area contributed by atoms with Crippen LogP contribution in [0.2, 0.25) is 0 Å². The summed E-state index contributed by atoms with van der Waals surface area (Å²) in [7, 11) is 0. The second-order valence-corrected chi connectivity index (χ2v) is 14.9. The van der Waals surface area contributed by atoms with E-state index in [1.807, 2.05) is 6.92 Å². The van der Waals surface area contributed by atoms with Crippen LogP contribution < -0.4 is 0 Å². The normalized spacial score (nSPS) is 50.5. The Hall–Kier alpha value is -1.62. The molecule has 5 nitrogen and oxygen atoms in total. The molecule has 5 aliphatic rings. The average Bonchev–Trinajstić information content (AvgIpc) is 2.78. The molecule has 0 radical (unpaired) electrons. The number of hydrogen-bond donors (Lipinski definition) is 2. The van der Waals surface area contributed by atoms with Gasteiger partial charge in [0.15, 0.2) is 0 Å². The number of hydrogen-bond acceptors (Lipinski definition) is 4. The van der Waals surface area contributed by atoms with Gasteiger partial charge in [-0.3, -0.25) is 9.59 Å². The van der Waals surface area contributed by atoms with Gasteiger partial charge in [0.05, 0.1) is 11.0 Å². The van der Waals surface area contributed by atoms with Gasteiger partial charge in [-0.15, -0.1) is 0 Å². The standard InChI is InChI=1S/C32H48O5/c1-19-11-16-32(26(34)35)18-17-29(6)21(25(32)31(19,8)36)9-10-23-28(5)14-13-24(37-20(2)33)27(3,4)22(28)12-15-30(23,29)7/h9,22-25,36H,1,10-18H2,2-8H3,(H,34,35)/t22-,23+,24+,25+,28-,29+,30+,31+,32-/m0/s1. The second-order valence-electron chi connectivity index (χ2n) is 14.9. The molecule has 0 saturated heterocycles. The minimum Gasteiger partial charge on any atom is -0.481 e. The van der Waals surface area contributed by atoms with Crippen molar-refractivity contribution in [1.29, 1.82) is 0 Å². The molecular weight excluding hydrogens is 464 g/mol. The first-order valence-corrected chi connectivity index (χ1v) is 14.5. The van der Waals surface area contributed by atoms with E-state index in [9.17, 15) is 19.8 Å². The van der Waals surface area contributed by atoms with E-state index in [2.05, 4.69) is 47.3 Å². The number of allylic oxidation sites excluding steroid dienone is 1. The van der Waals surface area contributed by atoms with Crippen LogP contribution in [-0.4, -0.2) is 33.9 Å². The third kappa shape index (κ3) is 3.25. The van der Waals surface area contributed by atoms with Crippen LogP contribution >= 0.6 is 0 Å². The van der Waals surface area contributed by atoms with Crippen molar-refractivity contribution < 1.29 is 24.5 Å². The molecule has 9 atom stereocenters. The first kappa shape index (κ1) is 27.0. The highest BCUT2D eigenvalue weighted by Gasteiger charge is 2.71. The van der Waals surface area contributed by atoms with Gasteiger partial charge in [0.2, 0.25) is 0 Å². The van der Waals surface area contributed by atoms with Crippen molar-refractivity contribution in [2.24, 2.45) is 44.8 Å². The van der Waals surface area contributed by atoms with E-state index in [0.29, 0.717) is 31.1 Å². The molecule has 0 aliphatic heterocycles. The first-order chi connectivity index (χ1) is 17.0. The molecule has 0 aromatic heterocycles. The quantitative estimate of drug-likeness (QED) is 0.318. The molecule has 0 unspecified atom stereocenters. The molecular formula is C32H48O5. The Labute approximate surface area is 223 Å². The second kappa shape index (κ2) is 7.96. The minimum absolute atomic E-state index is 0.00616. The highest BCUT2D eigenvalue weighted by atomic mass is 16.5. The molecule has 206 valence electrons. The average molecular weight is 513 g/mol. The Morgan fingerprint density at radius 3 is 2.27 bits per heavy atom. The number of aliphatic carboxylic acids is 1. The predicted octanol–water partition coefficient (Wildman–Crippen LogP) is 6.70. The molecule has 5 heteroatoms. The van der Waals surface area contributed by atoms with Gasteiger partial charge in [-0.25, -0.2) is 0 Å². The lowest BCUT2D eigenvalue weighted by Gasteiger charge is -2.71. The predicted molar refractivity (Wildman–Crippen MR) is 144 cm³/mol. The lowest BCUT2D eigenvalue weighted by Crippen LogP contribution is -2.67. The number of esters is 1. The Morgan fingerprint density at radius 2 is 1.65 bits per heavy atom. The topological polar surface area (TPSA) is 83.8 Å². The van der Waals surface area contributed by atoms with Gasteiger partial charge in [-0.1, -0.05) is 52.8 Å². The highest BCUT2D eigenvalue weighted by Crippen LogP contribution is 2.76. The molecule has 5 aliphatic carbocycles. The van der Waals surface area contributed by atoms with Gasteiger partial charge >= 0.3 is 11.9 Å². The highest BCUT2D eigenvalue weighted by molar-refractivity contribution is 5.77. The van der Waals surface area contributed by atoms with Crippen LogP contribution in [-0.2, 0) is 14.3 Å². The van der Waals surface area contributed by atoms with E-state index in [4.69, 9.17) is 4.74 Å². The van der Waals surface area contributed by atoms with Crippen LogP contribution in [0.1, 0.15) is 106 Å². The van der Waals surface area contributed by atoms with Crippen LogP contribution in [0.5, 0.6) is 0 Å². The molecule has 0 amide bonds. The van der Waals surface area contributed by atoms with Crippen molar-refractivity contribution in [3.05, 3.63) is 23.8 Å². The van der Waals surface area contributed by atoms with Crippen molar-refractivity contribution in [1.82, 2.24) is 0 Å². The Balaban J connectivity index is 1.59. The van der Waals surface area contributed by atoms with Gasteiger partial charge in [0, 0.05) is 18.3 Å². The maximum absolute atomic E-state index is 12.9. The fourth-order valence-electron chi connectivity index (χ4n) is 11.0. The fourth-order valence-corrected chi connectivity index (χ4v) is 11.0. The molecule has 0 heterocycles. The summed E-state index contributed by atoms with van der Waals surface area (Å²) < 4.78 is 5.85. The van der Waals surface area contributed by atoms with Crippen LogP contribution in [0, 0.1) is 44.8 Å². The van der Waals surface area contributed by atoms with Crippen molar-refractivity contribution in [2.75, 3.05) is 0 Å². The summed E-state index contributed by atoms with van der Waals surface area (Å²) in [5.74, 6) is -0.475. The SMILES string of the molecule is C=C1CC[C@]2(C(=O)O)CC[C@]3(C)C(=CC[C@@H]4[C@@]5(C)CC[C@@H](OC(C)=O)C(C)(C)[C@@H]5CC[C@]43C)[C@@H]2[C@]1(C)O. The number of ether oxygens (including phenoxy) is 1. The van der Waals surface area contributed by atoms with E-state index in [1.165, 1.54) is 12.5 Å². The van der Waals surface area contributed by atoms with Crippen LogP contribution in [0.25, 0.3) is 0 Å². The van der Waals surface area contributed by atoms with Crippen molar-refractivity contribution in [2.45, 2.75) is 118 Å². The van der Waals surface area contributed by atoms with Crippen LogP contribution in [0.4, 0.5) is 0 Å². The Kier molecular flexibility index (Phi) is 5.80. The zero-order valence-electron chi connectivity index (χ0n) is 24.1. The van der Waals surface area contributed by atoms with E-state index in [-0.39, 0.29) is 33.7 Å². The van der Waals surface area contributed by atoms with Crippen molar-refractivity contribution in [3.8, 4) is 0 Å². The van der Waals surface area contributed by atoms with Gasteiger partial charge < -0.3 is 14.9 Å². The molecule has 37 heavy (non-hydrogen) atoms. The molecule has 0 aromatic carbocycles. The summed E-state index contributed by atoms with van der Waals surface area (Å²) in [4.78, 5) is 24.7. The molecule has 0 bridgehead atoms. The summed E-state index contributed by atoms with van der Waals surface area (Å²) in [6.07, 6.45) is 9.87. The van der Waals surface area contributed by atoms with Gasteiger partial charge in [0.1, 0.15) is 6.10 Å². The number of fused-ring (bicyclic) bond motifs is 7. The van der Waals surface area contributed by atoms with E-state index >= 15 is 0 Å². The lowest BCUT2D eigenvalue weighted by atomic mass is 9.33.